The SMILES string of the molecule is COCc1nc(C2CCCCCN2C(=O)c2cccc(NC(C)=O)c2)no1. The first-order valence-electron chi connectivity index (χ1n) is 9.08. The molecule has 1 aromatic carbocycles. The molecule has 1 unspecified atom stereocenters. The summed E-state index contributed by atoms with van der Waals surface area (Å²) in [4.78, 5) is 30.7. The van der Waals surface area contributed by atoms with Crippen molar-refractivity contribution >= 4 is 17.5 Å². The molecule has 1 N–H and O–H groups in total. The van der Waals surface area contributed by atoms with Crippen LogP contribution in [0.3, 0.4) is 0 Å². The van der Waals surface area contributed by atoms with E-state index >= 15 is 0 Å². The molecule has 1 aliphatic rings. The van der Waals surface area contributed by atoms with Crippen molar-refractivity contribution in [1.29, 1.82) is 0 Å². The number of nitrogens with zero attached hydrogens (tertiary/aromatic N) is 3. The zero-order valence-electron chi connectivity index (χ0n) is 15.6. The summed E-state index contributed by atoms with van der Waals surface area (Å²) in [6.07, 6.45) is 3.75. The maximum atomic E-state index is 13.2. The molecule has 0 bridgehead atoms. The third-order valence-corrected chi connectivity index (χ3v) is 4.49. The number of benzene rings is 1. The molecule has 8 heteroatoms. The molecule has 2 amide bonds. The summed E-state index contributed by atoms with van der Waals surface area (Å²) in [7, 11) is 1.56. The van der Waals surface area contributed by atoms with Gasteiger partial charge in [-0.1, -0.05) is 24.1 Å². The second-order valence-corrected chi connectivity index (χ2v) is 6.60. The molecule has 8 nitrogen and oxygen atoms in total. The zero-order chi connectivity index (χ0) is 19.2. The first kappa shape index (κ1) is 19.0. The summed E-state index contributed by atoms with van der Waals surface area (Å²) < 4.78 is 10.3. The number of hydrogen-bond acceptors (Lipinski definition) is 6. The van der Waals surface area contributed by atoms with Gasteiger partial charge in [-0.2, -0.15) is 4.98 Å². The number of amides is 2. The molecule has 1 fully saturated rings. The Kier molecular flexibility index (Phi) is 6.18. The van der Waals surface area contributed by atoms with Crippen LogP contribution in [0.5, 0.6) is 0 Å². The van der Waals surface area contributed by atoms with Crippen LogP contribution in [-0.4, -0.2) is 40.5 Å². The molecule has 1 saturated heterocycles. The van der Waals surface area contributed by atoms with Crippen LogP contribution in [0.2, 0.25) is 0 Å². The molecule has 1 atom stereocenters. The van der Waals surface area contributed by atoms with Crippen LogP contribution in [-0.2, 0) is 16.1 Å². The number of anilines is 1. The van der Waals surface area contributed by atoms with Gasteiger partial charge in [0.05, 0.1) is 6.04 Å². The standard InChI is InChI=1S/C19H24N4O4/c1-13(24)20-15-8-6-7-14(11-15)19(25)23-10-5-3-4-9-16(23)18-21-17(12-26-2)27-22-18/h6-8,11,16H,3-5,9-10,12H2,1-2H3,(H,20,24). The molecule has 3 rings (SSSR count). The Hall–Kier alpha value is -2.74. The third kappa shape index (κ3) is 4.71. The quantitative estimate of drug-likeness (QED) is 0.867. The fourth-order valence-corrected chi connectivity index (χ4v) is 3.30. The number of ether oxygens (including phenoxy) is 1. The molecule has 0 radical (unpaired) electrons. The number of aromatic nitrogens is 2. The van der Waals surface area contributed by atoms with Gasteiger partial charge in [-0.25, -0.2) is 0 Å². The fraction of sp³-hybridized carbons (Fsp3) is 0.474. The molecule has 0 aliphatic carbocycles. The largest absolute Gasteiger partial charge is 0.375 e. The van der Waals surface area contributed by atoms with E-state index in [-0.39, 0.29) is 24.5 Å². The molecule has 0 saturated carbocycles. The Morgan fingerprint density at radius 1 is 1.33 bits per heavy atom. The fourth-order valence-electron chi connectivity index (χ4n) is 3.30. The molecule has 1 aliphatic heterocycles. The second kappa shape index (κ2) is 8.77. The van der Waals surface area contributed by atoms with Crippen molar-refractivity contribution in [2.75, 3.05) is 19.0 Å². The van der Waals surface area contributed by atoms with Gasteiger partial charge >= 0.3 is 0 Å². The number of hydrogen-bond donors (Lipinski definition) is 1. The number of methoxy groups -OCH3 is 1. The first-order chi connectivity index (χ1) is 13.1. The van der Waals surface area contributed by atoms with Crippen LogP contribution in [0.25, 0.3) is 0 Å². The molecule has 144 valence electrons. The average molecular weight is 372 g/mol. The lowest BCUT2D eigenvalue weighted by atomic mass is 10.1. The maximum Gasteiger partial charge on any atom is 0.254 e. The Balaban J connectivity index is 1.86. The average Bonchev–Trinajstić information content (AvgIpc) is 2.96. The van der Waals surface area contributed by atoms with Gasteiger partial charge in [-0.15, -0.1) is 0 Å². The molecule has 2 aromatic rings. The smallest absolute Gasteiger partial charge is 0.254 e. The lowest BCUT2D eigenvalue weighted by molar-refractivity contribution is -0.114. The van der Waals surface area contributed by atoms with Crippen molar-refractivity contribution in [1.82, 2.24) is 15.0 Å². The van der Waals surface area contributed by atoms with Gasteiger partial charge in [-0.3, -0.25) is 9.59 Å². The van der Waals surface area contributed by atoms with Crippen molar-refractivity contribution in [3.8, 4) is 0 Å². The van der Waals surface area contributed by atoms with E-state index in [0.717, 1.165) is 25.7 Å². The molecular formula is C19H24N4O4. The third-order valence-electron chi connectivity index (χ3n) is 4.49. The van der Waals surface area contributed by atoms with E-state index in [2.05, 4.69) is 15.5 Å². The molecule has 27 heavy (non-hydrogen) atoms. The summed E-state index contributed by atoms with van der Waals surface area (Å²) >= 11 is 0. The maximum absolute atomic E-state index is 13.2. The number of rotatable bonds is 5. The normalized spacial score (nSPS) is 17.4. The predicted octanol–water partition coefficient (Wildman–Crippen LogP) is 2.93. The predicted molar refractivity (Wildman–Crippen MR) is 98.0 cm³/mol. The van der Waals surface area contributed by atoms with Crippen LogP contribution in [0.1, 0.15) is 60.7 Å². The minimum Gasteiger partial charge on any atom is -0.375 e. The van der Waals surface area contributed by atoms with E-state index in [1.165, 1.54) is 6.92 Å². The van der Waals surface area contributed by atoms with E-state index in [0.29, 0.717) is 29.5 Å². The lowest BCUT2D eigenvalue weighted by Crippen LogP contribution is -2.35. The lowest BCUT2D eigenvalue weighted by Gasteiger charge is -2.28. The summed E-state index contributed by atoms with van der Waals surface area (Å²) in [5, 5.41) is 6.78. The van der Waals surface area contributed by atoms with Crippen molar-refractivity contribution in [3.63, 3.8) is 0 Å². The highest BCUT2D eigenvalue weighted by Gasteiger charge is 2.31. The van der Waals surface area contributed by atoms with Crippen LogP contribution in [0, 0.1) is 0 Å². The van der Waals surface area contributed by atoms with E-state index in [4.69, 9.17) is 9.26 Å². The van der Waals surface area contributed by atoms with E-state index in [1.807, 2.05) is 0 Å². The number of likely N-dealkylation sites (tertiary alicyclic amines) is 1. The zero-order valence-corrected chi connectivity index (χ0v) is 15.6. The molecular weight excluding hydrogens is 348 g/mol. The topological polar surface area (TPSA) is 97.6 Å². The second-order valence-electron chi connectivity index (χ2n) is 6.60. The van der Waals surface area contributed by atoms with Gasteiger partial charge in [-0.05, 0) is 31.0 Å². The Bertz CT molecular complexity index is 805. The summed E-state index contributed by atoms with van der Waals surface area (Å²) in [6.45, 7) is 2.31. The van der Waals surface area contributed by atoms with E-state index in [1.54, 1.807) is 36.3 Å². The Morgan fingerprint density at radius 2 is 2.19 bits per heavy atom. The van der Waals surface area contributed by atoms with E-state index in [9.17, 15) is 9.59 Å². The van der Waals surface area contributed by atoms with Gasteiger partial charge in [0.1, 0.15) is 6.61 Å². The van der Waals surface area contributed by atoms with Crippen LogP contribution in [0.15, 0.2) is 28.8 Å². The van der Waals surface area contributed by atoms with Gasteiger partial charge < -0.3 is 19.5 Å². The highest BCUT2D eigenvalue weighted by atomic mass is 16.5. The molecule has 2 heterocycles. The highest BCUT2D eigenvalue weighted by molar-refractivity contribution is 5.97. The van der Waals surface area contributed by atoms with Crippen LogP contribution < -0.4 is 5.32 Å². The summed E-state index contributed by atoms with van der Waals surface area (Å²) in [6, 6.07) is 6.73. The van der Waals surface area contributed by atoms with Crippen LogP contribution in [0.4, 0.5) is 5.69 Å². The Labute approximate surface area is 157 Å². The van der Waals surface area contributed by atoms with Crippen molar-refractivity contribution in [3.05, 3.63) is 41.5 Å². The number of nitrogens with one attached hydrogen (secondary N) is 1. The minimum absolute atomic E-state index is 0.104. The Morgan fingerprint density at radius 3 is 2.96 bits per heavy atom. The number of carbonyl (C=O) groups excluding carboxylic acids is 2. The van der Waals surface area contributed by atoms with Crippen molar-refractivity contribution in [2.45, 2.75) is 45.3 Å². The minimum atomic E-state index is -0.237. The molecule has 1 aromatic heterocycles. The van der Waals surface area contributed by atoms with Gasteiger partial charge in [0.25, 0.3) is 11.8 Å². The van der Waals surface area contributed by atoms with Crippen molar-refractivity contribution < 1.29 is 18.8 Å². The monoisotopic (exact) mass is 372 g/mol. The first-order valence-corrected chi connectivity index (χ1v) is 9.08. The van der Waals surface area contributed by atoms with Crippen LogP contribution >= 0.6 is 0 Å². The summed E-state index contributed by atoms with van der Waals surface area (Å²) in [5.41, 5.74) is 1.12. The van der Waals surface area contributed by atoms with Gasteiger partial charge in [0.15, 0.2) is 5.82 Å². The van der Waals surface area contributed by atoms with Gasteiger partial charge in [0.2, 0.25) is 5.91 Å². The van der Waals surface area contributed by atoms with Gasteiger partial charge in [0, 0.05) is 31.8 Å². The molecule has 0 spiro atoms. The summed E-state index contributed by atoms with van der Waals surface area (Å²) in [5.74, 6) is 0.629. The number of carbonyl (C=O) groups is 2. The highest BCUT2D eigenvalue weighted by Crippen LogP contribution is 2.30. The van der Waals surface area contributed by atoms with Crippen molar-refractivity contribution in [2.24, 2.45) is 0 Å². The van der Waals surface area contributed by atoms with E-state index < -0.39 is 0 Å².